The maximum absolute atomic E-state index is 12.9. The van der Waals surface area contributed by atoms with E-state index in [2.05, 4.69) is 0 Å². The first-order valence-electron chi connectivity index (χ1n) is 4.20. The Morgan fingerprint density at radius 2 is 1.77 bits per heavy atom. The van der Waals surface area contributed by atoms with Gasteiger partial charge in [-0.25, -0.2) is 8.78 Å². The van der Waals surface area contributed by atoms with Gasteiger partial charge in [0.2, 0.25) is 0 Å². The highest BCUT2D eigenvalue weighted by Crippen LogP contribution is 2.14. The van der Waals surface area contributed by atoms with Crippen LogP contribution in [0.1, 0.15) is 25.0 Å². The summed E-state index contributed by atoms with van der Waals surface area (Å²) in [5.74, 6) is -1.05. The molecule has 0 aliphatic carbocycles. The molecule has 0 unspecified atom stereocenters. The Kier molecular flexibility index (Phi) is 5.23. The number of hydrogen-bond acceptors (Lipinski definition) is 1. The molecular weight excluding hydrogens is 174 g/mol. The molecule has 0 spiro atoms. The molecule has 74 valence electrons. The lowest BCUT2D eigenvalue weighted by molar-refractivity contribution is 0.274. The highest BCUT2D eigenvalue weighted by Gasteiger charge is 2.05. The first-order valence-corrected chi connectivity index (χ1v) is 4.20. The Morgan fingerprint density at radius 1 is 1.23 bits per heavy atom. The molecule has 0 saturated carbocycles. The van der Waals surface area contributed by atoms with Crippen molar-refractivity contribution < 1.29 is 13.9 Å². The molecule has 0 fully saturated rings. The van der Waals surface area contributed by atoms with Crippen LogP contribution in [0.5, 0.6) is 0 Å². The van der Waals surface area contributed by atoms with E-state index >= 15 is 0 Å². The average molecular weight is 188 g/mol. The van der Waals surface area contributed by atoms with Gasteiger partial charge in [0.1, 0.15) is 11.6 Å². The Labute approximate surface area is 77.0 Å². The van der Waals surface area contributed by atoms with Gasteiger partial charge in [0.25, 0.3) is 0 Å². The number of rotatable bonds is 1. The van der Waals surface area contributed by atoms with Crippen molar-refractivity contribution in [2.45, 2.75) is 27.4 Å². The number of aliphatic hydroxyl groups is 1. The van der Waals surface area contributed by atoms with Gasteiger partial charge in [0.15, 0.2) is 0 Å². The summed E-state index contributed by atoms with van der Waals surface area (Å²) in [7, 11) is 0. The van der Waals surface area contributed by atoms with Gasteiger partial charge in [-0.05, 0) is 24.6 Å². The van der Waals surface area contributed by atoms with Crippen molar-refractivity contribution in [2.24, 2.45) is 0 Å². The van der Waals surface area contributed by atoms with E-state index in [-0.39, 0.29) is 11.1 Å². The molecule has 0 radical (unpaired) electrons. The standard InChI is InChI=1S/C8H8F2O.C2H6/c1-5-2-7(9)3-6(4-11)8(5)10;1-2/h2-3,11H,4H2,1H3;1-2H3. The predicted octanol–water partition coefficient (Wildman–Crippen LogP) is 2.79. The molecule has 0 aromatic heterocycles. The third kappa shape index (κ3) is 3.11. The molecule has 0 amide bonds. The maximum atomic E-state index is 12.9. The zero-order valence-corrected chi connectivity index (χ0v) is 8.06. The second kappa shape index (κ2) is 5.65. The van der Waals surface area contributed by atoms with Crippen molar-refractivity contribution in [3.63, 3.8) is 0 Å². The molecule has 1 rings (SSSR count). The van der Waals surface area contributed by atoms with Crippen LogP contribution in [0.3, 0.4) is 0 Å². The summed E-state index contributed by atoms with van der Waals surface area (Å²) in [4.78, 5) is 0. The van der Waals surface area contributed by atoms with Crippen molar-refractivity contribution in [1.29, 1.82) is 0 Å². The van der Waals surface area contributed by atoms with Crippen LogP contribution >= 0.6 is 0 Å². The van der Waals surface area contributed by atoms with Gasteiger partial charge in [0, 0.05) is 5.56 Å². The van der Waals surface area contributed by atoms with Crippen molar-refractivity contribution in [3.05, 3.63) is 34.9 Å². The van der Waals surface area contributed by atoms with Gasteiger partial charge in [-0.3, -0.25) is 0 Å². The molecule has 0 bridgehead atoms. The molecule has 0 atom stereocenters. The summed E-state index contributed by atoms with van der Waals surface area (Å²) in [6, 6.07) is 2.08. The second-order valence-electron chi connectivity index (χ2n) is 2.35. The molecule has 0 aliphatic heterocycles. The van der Waals surface area contributed by atoms with Crippen LogP contribution in [0.4, 0.5) is 8.78 Å². The summed E-state index contributed by atoms with van der Waals surface area (Å²) < 4.78 is 25.4. The third-order valence-corrected chi connectivity index (χ3v) is 1.46. The molecule has 1 aromatic carbocycles. The van der Waals surface area contributed by atoms with Gasteiger partial charge in [-0.2, -0.15) is 0 Å². The van der Waals surface area contributed by atoms with Gasteiger partial charge in [-0.15, -0.1) is 0 Å². The molecule has 0 saturated heterocycles. The van der Waals surface area contributed by atoms with E-state index in [1.807, 2.05) is 13.8 Å². The van der Waals surface area contributed by atoms with E-state index in [0.717, 1.165) is 12.1 Å². The maximum Gasteiger partial charge on any atom is 0.131 e. The lowest BCUT2D eigenvalue weighted by Crippen LogP contribution is -1.94. The van der Waals surface area contributed by atoms with Crippen LogP contribution in [-0.2, 0) is 6.61 Å². The van der Waals surface area contributed by atoms with E-state index in [0.29, 0.717) is 0 Å². The molecule has 13 heavy (non-hydrogen) atoms. The summed E-state index contributed by atoms with van der Waals surface area (Å²) in [6.45, 7) is 4.99. The van der Waals surface area contributed by atoms with E-state index in [1.165, 1.54) is 6.92 Å². The van der Waals surface area contributed by atoms with Crippen molar-refractivity contribution in [2.75, 3.05) is 0 Å². The van der Waals surface area contributed by atoms with Gasteiger partial charge >= 0.3 is 0 Å². The van der Waals surface area contributed by atoms with Gasteiger partial charge in [-0.1, -0.05) is 13.8 Å². The van der Waals surface area contributed by atoms with Gasteiger partial charge < -0.3 is 5.11 Å². The van der Waals surface area contributed by atoms with Crippen LogP contribution in [0, 0.1) is 18.6 Å². The molecular formula is C10H14F2O. The zero-order chi connectivity index (χ0) is 10.4. The minimum atomic E-state index is -0.533. The molecule has 1 N–H and O–H groups in total. The monoisotopic (exact) mass is 188 g/mol. The summed E-state index contributed by atoms with van der Waals surface area (Å²) in [5, 5.41) is 8.56. The quantitative estimate of drug-likeness (QED) is 0.718. The molecule has 0 aliphatic rings. The molecule has 1 aromatic rings. The van der Waals surface area contributed by atoms with Gasteiger partial charge in [0.05, 0.1) is 6.61 Å². The predicted molar refractivity (Wildman–Crippen MR) is 48.4 cm³/mol. The van der Waals surface area contributed by atoms with Crippen LogP contribution < -0.4 is 0 Å². The normalized spacial score (nSPS) is 9.08. The summed E-state index contributed by atoms with van der Waals surface area (Å²) in [6.07, 6.45) is 0. The number of benzene rings is 1. The smallest absolute Gasteiger partial charge is 0.131 e. The van der Waals surface area contributed by atoms with Crippen LogP contribution in [0.2, 0.25) is 0 Å². The van der Waals surface area contributed by atoms with E-state index < -0.39 is 18.2 Å². The Hall–Kier alpha value is -0.960. The molecule has 3 heteroatoms. The fourth-order valence-corrected chi connectivity index (χ4v) is 0.910. The first kappa shape index (κ1) is 12.0. The van der Waals surface area contributed by atoms with E-state index in [4.69, 9.17) is 5.11 Å². The minimum absolute atomic E-state index is 0.00231. The van der Waals surface area contributed by atoms with E-state index in [9.17, 15) is 8.78 Å². The highest BCUT2D eigenvalue weighted by molar-refractivity contribution is 5.25. The zero-order valence-electron chi connectivity index (χ0n) is 8.06. The third-order valence-electron chi connectivity index (χ3n) is 1.46. The minimum Gasteiger partial charge on any atom is -0.392 e. The lowest BCUT2D eigenvalue weighted by atomic mass is 10.1. The topological polar surface area (TPSA) is 20.2 Å². The molecule has 1 nitrogen and oxygen atoms in total. The van der Waals surface area contributed by atoms with Crippen LogP contribution in [0.25, 0.3) is 0 Å². The summed E-state index contributed by atoms with van der Waals surface area (Å²) in [5.41, 5.74) is 0.219. The second-order valence-corrected chi connectivity index (χ2v) is 2.35. The lowest BCUT2D eigenvalue weighted by Gasteiger charge is -2.01. The number of aryl methyl sites for hydroxylation is 1. The van der Waals surface area contributed by atoms with Crippen molar-refractivity contribution >= 4 is 0 Å². The summed E-state index contributed by atoms with van der Waals surface area (Å²) >= 11 is 0. The average Bonchev–Trinajstić information content (AvgIpc) is 2.14. The Balaban J connectivity index is 0.000000671. The highest BCUT2D eigenvalue weighted by atomic mass is 19.1. The van der Waals surface area contributed by atoms with Crippen molar-refractivity contribution in [3.8, 4) is 0 Å². The van der Waals surface area contributed by atoms with E-state index in [1.54, 1.807) is 0 Å². The largest absolute Gasteiger partial charge is 0.392 e. The Bertz CT molecular complexity index is 272. The Morgan fingerprint density at radius 3 is 2.23 bits per heavy atom. The van der Waals surface area contributed by atoms with Crippen LogP contribution in [-0.4, -0.2) is 5.11 Å². The number of halogens is 2. The first-order chi connectivity index (χ1) is 6.15. The fourth-order valence-electron chi connectivity index (χ4n) is 0.910. The van der Waals surface area contributed by atoms with Crippen molar-refractivity contribution in [1.82, 2.24) is 0 Å². The number of aliphatic hydroxyl groups excluding tert-OH is 1. The van der Waals surface area contributed by atoms with Crippen LogP contribution in [0.15, 0.2) is 12.1 Å². The molecule has 0 heterocycles. The fraction of sp³-hybridized carbons (Fsp3) is 0.400. The number of hydrogen-bond donors (Lipinski definition) is 1. The SMILES string of the molecule is CC.Cc1cc(F)cc(CO)c1F.